The lowest BCUT2D eigenvalue weighted by molar-refractivity contribution is -0.00402. The minimum atomic E-state index is -0.895. The molecule has 0 spiro atoms. The average molecular weight is 387 g/mol. The molecule has 1 unspecified atom stereocenters. The molecule has 2 aromatic rings. The minimum Gasteiger partial charge on any atom is -0.388 e. The first-order valence-corrected chi connectivity index (χ1v) is 9.49. The fraction of sp³-hybridized carbons (Fsp3) is 0.429. The molecule has 1 saturated heterocycles. The smallest absolute Gasteiger partial charge is 0.270 e. The fourth-order valence-electron chi connectivity index (χ4n) is 3.74. The third-order valence-corrected chi connectivity index (χ3v) is 5.13. The molecular weight excluding hydrogens is 361 g/mol. The molecule has 3 rings (SSSR count). The van der Waals surface area contributed by atoms with E-state index in [2.05, 4.69) is 4.98 Å². The number of aromatic amines is 1. The lowest BCUT2D eigenvalue weighted by atomic mass is 9.94. The molecule has 28 heavy (non-hydrogen) atoms. The zero-order valence-corrected chi connectivity index (χ0v) is 16.0. The van der Waals surface area contributed by atoms with Crippen LogP contribution in [0.3, 0.4) is 0 Å². The zero-order chi connectivity index (χ0) is 20.1. The quantitative estimate of drug-likeness (QED) is 0.823. The number of benzene rings is 1. The second-order valence-electron chi connectivity index (χ2n) is 7.60. The number of rotatable bonds is 5. The number of nitrogens with one attached hydrogen (secondary N) is 1. The fourth-order valence-corrected chi connectivity index (χ4v) is 3.74. The van der Waals surface area contributed by atoms with Crippen LogP contribution in [-0.4, -0.2) is 58.1 Å². The van der Waals surface area contributed by atoms with E-state index in [-0.39, 0.29) is 23.0 Å². The van der Waals surface area contributed by atoms with Crippen molar-refractivity contribution in [3.63, 3.8) is 0 Å². The average Bonchev–Trinajstić information content (AvgIpc) is 2.84. The highest BCUT2D eigenvalue weighted by atomic mass is 19.1. The Bertz CT molecular complexity index is 868. The van der Waals surface area contributed by atoms with Crippen molar-refractivity contribution in [1.29, 1.82) is 0 Å². The molecule has 0 bridgehead atoms. The number of carbonyl (C=O) groups is 1. The summed E-state index contributed by atoms with van der Waals surface area (Å²) in [6, 6.07) is 10.9. The first-order chi connectivity index (χ1) is 13.3. The summed E-state index contributed by atoms with van der Waals surface area (Å²) in [6.07, 6.45) is 1.74. The molecule has 150 valence electrons. The summed E-state index contributed by atoms with van der Waals surface area (Å²) < 4.78 is 13.0. The highest BCUT2D eigenvalue weighted by Gasteiger charge is 2.33. The summed E-state index contributed by atoms with van der Waals surface area (Å²) in [5, 5.41) is 11.1. The van der Waals surface area contributed by atoms with Gasteiger partial charge in [0.05, 0.1) is 5.60 Å². The summed E-state index contributed by atoms with van der Waals surface area (Å²) in [5.41, 5.74) is 0.0467. The molecular formula is C21H26FN3O3. The minimum absolute atomic E-state index is 0.221. The number of pyridine rings is 1. The highest BCUT2D eigenvalue weighted by Crippen LogP contribution is 2.24. The van der Waals surface area contributed by atoms with Crippen LogP contribution in [0.15, 0.2) is 47.3 Å². The van der Waals surface area contributed by atoms with Gasteiger partial charge in [0, 0.05) is 32.2 Å². The number of amides is 1. The SMILES string of the molecule is CN(Cc1ccc(F)cc1)CC1(O)CCCN(C(=O)c2cccc(=O)[nH]2)CC1. The van der Waals surface area contributed by atoms with Gasteiger partial charge in [0.2, 0.25) is 5.56 Å². The molecule has 7 heteroatoms. The lowest BCUT2D eigenvalue weighted by Crippen LogP contribution is -2.42. The van der Waals surface area contributed by atoms with Gasteiger partial charge in [-0.3, -0.25) is 14.5 Å². The van der Waals surface area contributed by atoms with Crippen molar-refractivity contribution in [2.75, 3.05) is 26.7 Å². The van der Waals surface area contributed by atoms with E-state index < -0.39 is 5.60 Å². The first-order valence-electron chi connectivity index (χ1n) is 9.49. The van der Waals surface area contributed by atoms with Crippen LogP contribution in [-0.2, 0) is 6.54 Å². The van der Waals surface area contributed by atoms with Gasteiger partial charge in [0.1, 0.15) is 11.5 Å². The number of aromatic nitrogens is 1. The van der Waals surface area contributed by atoms with Gasteiger partial charge in [-0.25, -0.2) is 4.39 Å². The summed E-state index contributed by atoms with van der Waals surface area (Å²) in [7, 11) is 1.92. The predicted octanol–water partition coefficient (Wildman–Crippen LogP) is 2.00. The molecule has 0 saturated carbocycles. The molecule has 1 aromatic carbocycles. The summed E-state index contributed by atoms with van der Waals surface area (Å²) in [6.45, 7) is 2.04. The van der Waals surface area contributed by atoms with Crippen molar-refractivity contribution in [1.82, 2.24) is 14.8 Å². The van der Waals surface area contributed by atoms with E-state index in [4.69, 9.17) is 0 Å². The van der Waals surface area contributed by atoms with Gasteiger partial charge < -0.3 is 15.0 Å². The Morgan fingerprint density at radius 3 is 2.68 bits per heavy atom. The Balaban J connectivity index is 1.59. The maximum atomic E-state index is 13.0. The van der Waals surface area contributed by atoms with Gasteiger partial charge in [-0.1, -0.05) is 18.2 Å². The van der Waals surface area contributed by atoms with Crippen LogP contribution < -0.4 is 5.56 Å². The van der Waals surface area contributed by atoms with Crippen molar-refractivity contribution in [3.05, 3.63) is 69.9 Å². The van der Waals surface area contributed by atoms with Crippen LogP contribution in [0.4, 0.5) is 4.39 Å². The van der Waals surface area contributed by atoms with E-state index in [1.807, 2.05) is 11.9 Å². The third-order valence-electron chi connectivity index (χ3n) is 5.13. The molecule has 1 aromatic heterocycles. The van der Waals surface area contributed by atoms with E-state index >= 15 is 0 Å². The van der Waals surface area contributed by atoms with E-state index in [1.165, 1.54) is 18.2 Å². The molecule has 1 atom stereocenters. The molecule has 1 fully saturated rings. The number of H-pyrrole nitrogens is 1. The van der Waals surface area contributed by atoms with Crippen LogP contribution in [0.2, 0.25) is 0 Å². The normalized spacial score (nSPS) is 20.2. The van der Waals surface area contributed by atoms with Crippen molar-refractivity contribution in [2.24, 2.45) is 0 Å². The number of hydrogen-bond acceptors (Lipinski definition) is 4. The molecule has 1 aliphatic rings. The second kappa shape index (κ2) is 8.67. The van der Waals surface area contributed by atoms with Crippen LogP contribution in [0.1, 0.15) is 35.3 Å². The summed E-state index contributed by atoms with van der Waals surface area (Å²) >= 11 is 0. The Hall–Kier alpha value is -2.51. The second-order valence-corrected chi connectivity index (χ2v) is 7.60. The topological polar surface area (TPSA) is 76.6 Å². The molecule has 2 N–H and O–H groups in total. The first kappa shape index (κ1) is 20.2. The Morgan fingerprint density at radius 2 is 1.96 bits per heavy atom. The molecule has 1 aliphatic heterocycles. The summed E-state index contributed by atoms with van der Waals surface area (Å²) in [4.78, 5) is 30.3. The van der Waals surface area contributed by atoms with Gasteiger partial charge in [-0.2, -0.15) is 0 Å². The van der Waals surface area contributed by atoms with Crippen molar-refractivity contribution in [3.8, 4) is 0 Å². The van der Waals surface area contributed by atoms with E-state index in [9.17, 15) is 19.1 Å². The predicted molar refractivity (Wildman–Crippen MR) is 105 cm³/mol. The maximum absolute atomic E-state index is 13.0. The standard InChI is InChI=1S/C21H26FN3O3/c1-24(14-16-6-8-17(22)9-7-16)15-21(28)10-3-12-25(13-11-21)20(27)18-4-2-5-19(26)23-18/h2,4-9,28H,3,10-15H2,1H3,(H,23,26). The van der Waals surface area contributed by atoms with E-state index in [0.29, 0.717) is 45.4 Å². The van der Waals surface area contributed by atoms with Crippen molar-refractivity contribution >= 4 is 5.91 Å². The number of likely N-dealkylation sites (tertiary alicyclic amines) is 1. The molecule has 2 heterocycles. The number of carbonyl (C=O) groups excluding carboxylic acids is 1. The van der Waals surface area contributed by atoms with Crippen molar-refractivity contribution < 1.29 is 14.3 Å². The number of aliphatic hydroxyl groups is 1. The largest absolute Gasteiger partial charge is 0.388 e. The van der Waals surface area contributed by atoms with E-state index in [0.717, 1.165) is 5.56 Å². The Morgan fingerprint density at radius 1 is 1.21 bits per heavy atom. The molecule has 1 amide bonds. The molecule has 6 nitrogen and oxygen atoms in total. The molecule has 0 radical (unpaired) electrons. The van der Waals surface area contributed by atoms with Gasteiger partial charge in [-0.05, 0) is 50.1 Å². The van der Waals surface area contributed by atoms with Crippen LogP contribution in [0.5, 0.6) is 0 Å². The van der Waals surface area contributed by atoms with Crippen LogP contribution in [0, 0.1) is 5.82 Å². The Kier molecular flexibility index (Phi) is 6.26. The molecule has 0 aliphatic carbocycles. The summed E-state index contributed by atoms with van der Waals surface area (Å²) in [5.74, 6) is -0.486. The number of halogens is 1. The highest BCUT2D eigenvalue weighted by molar-refractivity contribution is 5.92. The Labute approximate surface area is 163 Å². The van der Waals surface area contributed by atoms with Gasteiger partial charge in [0.25, 0.3) is 5.91 Å². The maximum Gasteiger partial charge on any atom is 0.270 e. The zero-order valence-electron chi connectivity index (χ0n) is 16.0. The van der Waals surface area contributed by atoms with Gasteiger partial charge >= 0.3 is 0 Å². The third kappa shape index (κ3) is 5.27. The lowest BCUT2D eigenvalue weighted by Gasteiger charge is -2.31. The number of likely N-dealkylation sites (N-methyl/N-ethyl adjacent to an activating group) is 1. The van der Waals surface area contributed by atoms with Crippen LogP contribution >= 0.6 is 0 Å². The van der Waals surface area contributed by atoms with Crippen LogP contribution in [0.25, 0.3) is 0 Å². The van der Waals surface area contributed by atoms with Gasteiger partial charge in [-0.15, -0.1) is 0 Å². The van der Waals surface area contributed by atoms with E-state index in [1.54, 1.807) is 29.2 Å². The van der Waals surface area contributed by atoms with Gasteiger partial charge in [0.15, 0.2) is 0 Å². The number of hydrogen-bond donors (Lipinski definition) is 2. The monoisotopic (exact) mass is 387 g/mol. The number of nitrogens with zero attached hydrogens (tertiary/aromatic N) is 2. The van der Waals surface area contributed by atoms with Crippen molar-refractivity contribution in [2.45, 2.75) is 31.4 Å².